The highest BCUT2D eigenvalue weighted by atomic mass is 15.4. The summed E-state index contributed by atoms with van der Waals surface area (Å²) in [7, 11) is 1.89. The standard InChI is InChI=1S/C15H22N4/c1-12(2)9-15(13-7-5-4-6-8-13)16-10-14-11-19(3)18-17-14/h4-8,11-12,15-16H,9-10H2,1-3H3. The molecule has 102 valence electrons. The Labute approximate surface area is 114 Å². The van der Waals surface area contributed by atoms with Crippen LogP contribution in [-0.2, 0) is 13.6 Å². The average molecular weight is 258 g/mol. The highest BCUT2D eigenvalue weighted by Gasteiger charge is 2.13. The molecule has 2 aromatic rings. The van der Waals surface area contributed by atoms with Gasteiger partial charge >= 0.3 is 0 Å². The molecule has 4 nitrogen and oxygen atoms in total. The quantitative estimate of drug-likeness (QED) is 0.866. The first-order valence-corrected chi connectivity index (χ1v) is 6.78. The second-order valence-electron chi connectivity index (χ2n) is 5.36. The second kappa shape index (κ2) is 6.48. The second-order valence-corrected chi connectivity index (χ2v) is 5.36. The van der Waals surface area contributed by atoms with E-state index in [9.17, 15) is 0 Å². The molecular weight excluding hydrogens is 236 g/mol. The normalized spacial score (nSPS) is 12.8. The summed E-state index contributed by atoms with van der Waals surface area (Å²) in [6.45, 7) is 5.25. The molecule has 0 aliphatic carbocycles. The molecule has 0 saturated carbocycles. The summed E-state index contributed by atoms with van der Waals surface area (Å²) in [5.41, 5.74) is 2.31. The first kappa shape index (κ1) is 13.7. The molecule has 1 unspecified atom stereocenters. The van der Waals surface area contributed by atoms with Crippen LogP contribution in [0.25, 0.3) is 0 Å². The highest BCUT2D eigenvalue weighted by molar-refractivity contribution is 5.19. The Morgan fingerprint density at radius 1 is 1.21 bits per heavy atom. The number of rotatable bonds is 6. The molecule has 1 N–H and O–H groups in total. The van der Waals surface area contributed by atoms with Gasteiger partial charge < -0.3 is 5.32 Å². The van der Waals surface area contributed by atoms with Crippen LogP contribution in [0.15, 0.2) is 36.5 Å². The lowest BCUT2D eigenvalue weighted by Crippen LogP contribution is -2.22. The maximum absolute atomic E-state index is 4.11. The van der Waals surface area contributed by atoms with Gasteiger partial charge in [0.1, 0.15) is 0 Å². The van der Waals surface area contributed by atoms with Crippen molar-refractivity contribution < 1.29 is 0 Å². The van der Waals surface area contributed by atoms with Crippen molar-refractivity contribution in [2.24, 2.45) is 13.0 Å². The van der Waals surface area contributed by atoms with Crippen molar-refractivity contribution in [2.45, 2.75) is 32.9 Å². The highest BCUT2D eigenvalue weighted by Crippen LogP contribution is 2.21. The molecule has 0 aliphatic rings. The van der Waals surface area contributed by atoms with Gasteiger partial charge in [-0.1, -0.05) is 49.4 Å². The van der Waals surface area contributed by atoms with E-state index in [4.69, 9.17) is 0 Å². The maximum atomic E-state index is 4.11. The number of benzene rings is 1. The largest absolute Gasteiger partial charge is 0.304 e. The molecule has 19 heavy (non-hydrogen) atoms. The summed E-state index contributed by atoms with van der Waals surface area (Å²) in [5, 5.41) is 11.6. The molecule has 1 aromatic carbocycles. The summed E-state index contributed by atoms with van der Waals surface area (Å²) in [5.74, 6) is 0.652. The minimum Gasteiger partial charge on any atom is -0.304 e. The SMILES string of the molecule is CC(C)CC(NCc1cn(C)nn1)c1ccccc1. The molecule has 0 saturated heterocycles. The summed E-state index contributed by atoms with van der Waals surface area (Å²) in [6.07, 6.45) is 3.06. The van der Waals surface area contributed by atoms with Crippen molar-refractivity contribution in [1.82, 2.24) is 20.3 Å². The van der Waals surface area contributed by atoms with Gasteiger partial charge in [0.2, 0.25) is 0 Å². The number of aryl methyl sites for hydroxylation is 1. The van der Waals surface area contributed by atoms with Gasteiger partial charge in [-0.2, -0.15) is 0 Å². The van der Waals surface area contributed by atoms with Gasteiger partial charge in [-0.3, -0.25) is 4.68 Å². The third-order valence-corrected chi connectivity index (χ3v) is 3.09. The van der Waals surface area contributed by atoms with E-state index in [2.05, 4.69) is 59.8 Å². The van der Waals surface area contributed by atoms with Gasteiger partial charge in [0.25, 0.3) is 0 Å². The third kappa shape index (κ3) is 4.17. The van der Waals surface area contributed by atoms with E-state index in [1.165, 1.54) is 5.56 Å². The van der Waals surface area contributed by atoms with E-state index >= 15 is 0 Å². The van der Waals surface area contributed by atoms with Crippen molar-refractivity contribution in [3.63, 3.8) is 0 Å². The molecule has 0 amide bonds. The molecule has 2 rings (SSSR count). The van der Waals surface area contributed by atoms with Gasteiger partial charge in [-0.15, -0.1) is 5.10 Å². The zero-order chi connectivity index (χ0) is 13.7. The number of aromatic nitrogens is 3. The van der Waals surface area contributed by atoms with Crippen LogP contribution < -0.4 is 5.32 Å². The van der Waals surface area contributed by atoms with Gasteiger partial charge in [-0.25, -0.2) is 0 Å². The first-order valence-electron chi connectivity index (χ1n) is 6.78. The Kier molecular flexibility index (Phi) is 4.68. The van der Waals surface area contributed by atoms with Crippen LogP contribution in [0.4, 0.5) is 0 Å². The molecule has 0 spiro atoms. The minimum absolute atomic E-state index is 0.364. The molecule has 4 heteroatoms. The van der Waals surface area contributed by atoms with Crippen LogP contribution in [0.2, 0.25) is 0 Å². The zero-order valence-electron chi connectivity index (χ0n) is 11.9. The predicted molar refractivity (Wildman–Crippen MR) is 76.5 cm³/mol. The summed E-state index contributed by atoms with van der Waals surface area (Å²) in [4.78, 5) is 0. The third-order valence-electron chi connectivity index (χ3n) is 3.09. The van der Waals surface area contributed by atoms with E-state index in [1.807, 2.05) is 13.2 Å². The maximum Gasteiger partial charge on any atom is 0.0964 e. The molecule has 1 atom stereocenters. The lowest BCUT2D eigenvalue weighted by atomic mass is 9.97. The molecule has 0 fully saturated rings. The van der Waals surface area contributed by atoms with E-state index in [0.717, 1.165) is 18.7 Å². The summed E-state index contributed by atoms with van der Waals surface area (Å²) >= 11 is 0. The lowest BCUT2D eigenvalue weighted by molar-refractivity contribution is 0.426. The molecule has 0 bridgehead atoms. The van der Waals surface area contributed by atoms with Crippen molar-refractivity contribution in [3.8, 4) is 0 Å². The van der Waals surface area contributed by atoms with Gasteiger partial charge in [0.15, 0.2) is 0 Å². The van der Waals surface area contributed by atoms with E-state index < -0.39 is 0 Å². The van der Waals surface area contributed by atoms with E-state index in [1.54, 1.807) is 4.68 Å². The van der Waals surface area contributed by atoms with Crippen LogP contribution in [0.1, 0.15) is 37.6 Å². The van der Waals surface area contributed by atoms with Crippen molar-refractivity contribution in [3.05, 3.63) is 47.8 Å². The van der Waals surface area contributed by atoms with Gasteiger partial charge in [0.05, 0.1) is 5.69 Å². The predicted octanol–water partition coefficient (Wildman–Crippen LogP) is 2.69. The van der Waals surface area contributed by atoms with Crippen LogP contribution in [0.3, 0.4) is 0 Å². The number of nitrogens with one attached hydrogen (secondary N) is 1. The smallest absolute Gasteiger partial charge is 0.0964 e. The molecule has 0 radical (unpaired) electrons. The number of nitrogens with zero attached hydrogens (tertiary/aromatic N) is 3. The van der Waals surface area contributed by atoms with Crippen molar-refractivity contribution in [1.29, 1.82) is 0 Å². The van der Waals surface area contributed by atoms with Gasteiger partial charge in [-0.05, 0) is 17.9 Å². The molecule has 1 heterocycles. The Balaban J connectivity index is 2.02. The summed E-state index contributed by atoms with van der Waals surface area (Å²) in [6, 6.07) is 11.0. The van der Waals surface area contributed by atoms with Crippen molar-refractivity contribution in [2.75, 3.05) is 0 Å². The average Bonchev–Trinajstić information content (AvgIpc) is 2.81. The van der Waals surface area contributed by atoms with E-state index in [0.29, 0.717) is 12.0 Å². The fraction of sp³-hybridized carbons (Fsp3) is 0.467. The Morgan fingerprint density at radius 2 is 1.95 bits per heavy atom. The first-order chi connectivity index (χ1) is 9.15. The van der Waals surface area contributed by atoms with Gasteiger partial charge in [0, 0.05) is 25.8 Å². The fourth-order valence-electron chi connectivity index (χ4n) is 2.20. The van der Waals surface area contributed by atoms with Crippen LogP contribution in [0.5, 0.6) is 0 Å². The Hall–Kier alpha value is -1.68. The van der Waals surface area contributed by atoms with E-state index in [-0.39, 0.29) is 0 Å². The van der Waals surface area contributed by atoms with Crippen LogP contribution >= 0.6 is 0 Å². The number of hydrogen-bond donors (Lipinski definition) is 1. The van der Waals surface area contributed by atoms with Crippen molar-refractivity contribution >= 4 is 0 Å². The lowest BCUT2D eigenvalue weighted by Gasteiger charge is -2.20. The van der Waals surface area contributed by atoms with Crippen LogP contribution in [0, 0.1) is 5.92 Å². The Bertz CT molecular complexity index is 490. The minimum atomic E-state index is 0.364. The van der Waals surface area contributed by atoms with Crippen LogP contribution in [-0.4, -0.2) is 15.0 Å². The fourth-order valence-corrected chi connectivity index (χ4v) is 2.20. The number of hydrogen-bond acceptors (Lipinski definition) is 3. The molecule has 1 aromatic heterocycles. The monoisotopic (exact) mass is 258 g/mol. The topological polar surface area (TPSA) is 42.7 Å². The zero-order valence-corrected chi connectivity index (χ0v) is 11.9. The Morgan fingerprint density at radius 3 is 2.53 bits per heavy atom. The molecule has 0 aliphatic heterocycles. The summed E-state index contributed by atoms with van der Waals surface area (Å²) < 4.78 is 1.73. The molecular formula is C15H22N4.